The zero-order valence-electron chi connectivity index (χ0n) is 17.7. The van der Waals surface area contributed by atoms with Crippen molar-refractivity contribution in [2.24, 2.45) is 0 Å². The van der Waals surface area contributed by atoms with E-state index in [1.807, 2.05) is 51.1 Å². The lowest BCUT2D eigenvalue weighted by atomic mass is 9.89. The summed E-state index contributed by atoms with van der Waals surface area (Å²) < 4.78 is 22.5. The van der Waals surface area contributed by atoms with Gasteiger partial charge in [-0.3, -0.25) is 4.79 Å². The van der Waals surface area contributed by atoms with Gasteiger partial charge >= 0.3 is 0 Å². The molecule has 29 heavy (non-hydrogen) atoms. The summed E-state index contributed by atoms with van der Waals surface area (Å²) in [5, 5.41) is 3.15. The molecule has 1 heterocycles. The lowest BCUT2D eigenvalue weighted by molar-refractivity contribution is -0.129. The molecule has 156 valence electrons. The highest BCUT2D eigenvalue weighted by Crippen LogP contribution is 2.41. The SMILES string of the molecule is CCC(Oc1ccc(OC)cc1)C(=O)NC1CC(C)(C)Oc2ccc(OC)cc21. The first-order valence-corrected chi connectivity index (χ1v) is 9.83. The molecular weight excluding hydrogens is 370 g/mol. The zero-order chi connectivity index (χ0) is 21.0. The van der Waals surface area contributed by atoms with Gasteiger partial charge in [0.2, 0.25) is 0 Å². The van der Waals surface area contributed by atoms with Crippen LogP contribution in [0.5, 0.6) is 23.0 Å². The van der Waals surface area contributed by atoms with Crippen molar-refractivity contribution in [3.63, 3.8) is 0 Å². The minimum absolute atomic E-state index is 0.153. The van der Waals surface area contributed by atoms with Crippen LogP contribution in [0.1, 0.15) is 45.2 Å². The van der Waals surface area contributed by atoms with Crippen LogP contribution in [0.25, 0.3) is 0 Å². The molecule has 3 rings (SSSR count). The summed E-state index contributed by atoms with van der Waals surface area (Å²) in [4.78, 5) is 13.0. The molecule has 0 saturated heterocycles. The Morgan fingerprint density at radius 1 is 1.10 bits per heavy atom. The van der Waals surface area contributed by atoms with Crippen molar-refractivity contribution >= 4 is 5.91 Å². The molecule has 1 aliphatic heterocycles. The van der Waals surface area contributed by atoms with E-state index in [9.17, 15) is 4.79 Å². The number of hydrogen-bond acceptors (Lipinski definition) is 5. The molecule has 1 N–H and O–H groups in total. The third-order valence-corrected chi connectivity index (χ3v) is 4.99. The second-order valence-corrected chi connectivity index (χ2v) is 7.72. The fourth-order valence-corrected chi connectivity index (χ4v) is 3.49. The largest absolute Gasteiger partial charge is 0.497 e. The van der Waals surface area contributed by atoms with E-state index in [1.165, 1.54) is 0 Å². The number of carbonyl (C=O) groups excluding carboxylic acids is 1. The number of fused-ring (bicyclic) bond motifs is 1. The van der Waals surface area contributed by atoms with Gasteiger partial charge in [-0.1, -0.05) is 6.92 Å². The molecule has 0 aromatic heterocycles. The average molecular weight is 399 g/mol. The van der Waals surface area contributed by atoms with Crippen LogP contribution in [0.4, 0.5) is 0 Å². The minimum atomic E-state index is -0.594. The standard InChI is InChI=1S/C23H29NO5/c1-6-20(28-16-9-7-15(26-4)8-10-16)22(25)24-19-14-23(2,3)29-21-12-11-17(27-5)13-18(19)21/h7-13,19-20H,6,14H2,1-5H3,(H,24,25). The highest BCUT2D eigenvalue weighted by molar-refractivity contribution is 5.81. The van der Waals surface area contributed by atoms with Crippen LogP contribution in [0.15, 0.2) is 42.5 Å². The normalized spacial score (nSPS) is 18.0. The number of methoxy groups -OCH3 is 2. The van der Waals surface area contributed by atoms with Gasteiger partial charge in [0.25, 0.3) is 5.91 Å². The Morgan fingerprint density at radius 2 is 1.72 bits per heavy atom. The fourth-order valence-electron chi connectivity index (χ4n) is 3.49. The van der Waals surface area contributed by atoms with Crippen molar-refractivity contribution in [2.45, 2.75) is 51.4 Å². The average Bonchev–Trinajstić information content (AvgIpc) is 2.71. The van der Waals surface area contributed by atoms with Crippen LogP contribution in [-0.4, -0.2) is 31.8 Å². The first-order chi connectivity index (χ1) is 13.8. The molecule has 1 amide bonds. The lowest BCUT2D eigenvalue weighted by Crippen LogP contribution is -2.45. The van der Waals surface area contributed by atoms with E-state index < -0.39 is 11.7 Å². The topological polar surface area (TPSA) is 66.0 Å². The van der Waals surface area contributed by atoms with E-state index in [0.717, 1.165) is 22.8 Å². The Bertz CT molecular complexity index is 847. The van der Waals surface area contributed by atoms with Gasteiger partial charge in [-0.05, 0) is 62.7 Å². The Labute approximate surface area is 172 Å². The van der Waals surface area contributed by atoms with Gasteiger partial charge < -0.3 is 24.3 Å². The molecule has 0 fully saturated rings. The van der Waals surface area contributed by atoms with Gasteiger partial charge in [-0.15, -0.1) is 0 Å². The maximum absolute atomic E-state index is 13.0. The Hall–Kier alpha value is -2.89. The van der Waals surface area contributed by atoms with Crippen molar-refractivity contribution in [1.29, 1.82) is 0 Å². The van der Waals surface area contributed by atoms with Crippen molar-refractivity contribution < 1.29 is 23.7 Å². The summed E-state index contributed by atoms with van der Waals surface area (Å²) in [5.41, 5.74) is 0.522. The predicted octanol–water partition coefficient (Wildman–Crippen LogP) is 4.28. The number of nitrogens with one attached hydrogen (secondary N) is 1. The van der Waals surface area contributed by atoms with Gasteiger partial charge in [0.05, 0.1) is 20.3 Å². The highest BCUT2D eigenvalue weighted by Gasteiger charge is 2.36. The molecule has 2 unspecified atom stereocenters. The van der Waals surface area contributed by atoms with Gasteiger partial charge in [-0.2, -0.15) is 0 Å². The second-order valence-electron chi connectivity index (χ2n) is 7.72. The smallest absolute Gasteiger partial charge is 0.261 e. The van der Waals surface area contributed by atoms with Gasteiger partial charge in [0.1, 0.15) is 28.6 Å². The molecular formula is C23H29NO5. The van der Waals surface area contributed by atoms with Crippen LogP contribution in [-0.2, 0) is 4.79 Å². The van der Waals surface area contributed by atoms with Crippen LogP contribution in [0.3, 0.4) is 0 Å². The number of carbonyl (C=O) groups is 1. The second kappa shape index (κ2) is 8.64. The fraction of sp³-hybridized carbons (Fsp3) is 0.435. The molecule has 6 nitrogen and oxygen atoms in total. The van der Waals surface area contributed by atoms with Crippen molar-refractivity contribution in [1.82, 2.24) is 5.32 Å². The molecule has 1 aliphatic rings. The van der Waals surface area contributed by atoms with Crippen LogP contribution < -0.4 is 24.3 Å². The minimum Gasteiger partial charge on any atom is -0.497 e. The third kappa shape index (κ3) is 4.94. The third-order valence-electron chi connectivity index (χ3n) is 4.99. The molecule has 6 heteroatoms. The Balaban J connectivity index is 1.77. The van der Waals surface area contributed by atoms with Crippen LogP contribution >= 0.6 is 0 Å². The Kier molecular flexibility index (Phi) is 6.20. The summed E-state index contributed by atoms with van der Waals surface area (Å²) in [6.07, 6.45) is 0.608. The maximum Gasteiger partial charge on any atom is 0.261 e. The molecule has 2 aromatic carbocycles. The number of benzene rings is 2. The number of hydrogen-bond donors (Lipinski definition) is 1. The lowest BCUT2D eigenvalue weighted by Gasteiger charge is -2.38. The van der Waals surface area contributed by atoms with E-state index >= 15 is 0 Å². The monoisotopic (exact) mass is 399 g/mol. The van der Waals surface area contributed by atoms with Crippen molar-refractivity contribution in [2.75, 3.05) is 14.2 Å². The van der Waals surface area contributed by atoms with Gasteiger partial charge in [-0.25, -0.2) is 0 Å². The molecule has 0 aliphatic carbocycles. The maximum atomic E-state index is 13.0. The summed E-state index contributed by atoms with van der Waals surface area (Å²) in [6.45, 7) is 5.97. The molecule has 2 atom stereocenters. The quantitative estimate of drug-likeness (QED) is 0.753. The van der Waals surface area contributed by atoms with Gasteiger partial charge in [0, 0.05) is 12.0 Å². The first kappa shape index (κ1) is 20.8. The van der Waals surface area contributed by atoms with Crippen LogP contribution in [0, 0.1) is 0 Å². The molecule has 0 bridgehead atoms. The zero-order valence-corrected chi connectivity index (χ0v) is 17.7. The Morgan fingerprint density at radius 3 is 2.34 bits per heavy atom. The van der Waals surface area contributed by atoms with E-state index in [4.69, 9.17) is 18.9 Å². The van der Waals surface area contributed by atoms with Crippen molar-refractivity contribution in [3.8, 4) is 23.0 Å². The van der Waals surface area contributed by atoms with Gasteiger partial charge in [0.15, 0.2) is 6.10 Å². The number of amides is 1. The number of rotatable bonds is 7. The predicted molar refractivity (Wildman–Crippen MR) is 111 cm³/mol. The van der Waals surface area contributed by atoms with E-state index in [0.29, 0.717) is 18.6 Å². The van der Waals surface area contributed by atoms with E-state index in [1.54, 1.807) is 26.4 Å². The van der Waals surface area contributed by atoms with Crippen LogP contribution in [0.2, 0.25) is 0 Å². The summed E-state index contributed by atoms with van der Waals surface area (Å²) in [5.74, 6) is 2.70. The highest BCUT2D eigenvalue weighted by atomic mass is 16.5. The summed E-state index contributed by atoms with van der Waals surface area (Å²) >= 11 is 0. The summed E-state index contributed by atoms with van der Waals surface area (Å²) in [6, 6.07) is 12.7. The molecule has 0 saturated carbocycles. The molecule has 0 radical (unpaired) electrons. The molecule has 0 spiro atoms. The summed E-state index contributed by atoms with van der Waals surface area (Å²) in [7, 11) is 3.24. The van der Waals surface area contributed by atoms with E-state index in [2.05, 4.69) is 5.32 Å². The van der Waals surface area contributed by atoms with Crippen molar-refractivity contribution in [3.05, 3.63) is 48.0 Å². The van der Waals surface area contributed by atoms with E-state index in [-0.39, 0.29) is 11.9 Å². The number of ether oxygens (including phenoxy) is 4. The molecule has 2 aromatic rings. The first-order valence-electron chi connectivity index (χ1n) is 9.83.